The first kappa shape index (κ1) is 24.1. The monoisotopic (exact) mass is 427 g/mol. The van der Waals surface area contributed by atoms with Crippen LogP contribution in [-0.4, -0.2) is 0 Å². The largest absolute Gasteiger partial charge is 0.399 e. The molecule has 0 saturated heterocycles. The molecule has 0 aliphatic carbocycles. The van der Waals surface area contributed by atoms with E-state index < -0.39 is 0 Å². The number of rotatable bonds is 3. The summed E-state index contributed by atoms with van der Waals surface area (Å²) in [6.45, 7) is 22.9. The average molecular weight is 428 g/mol. The first-order valence-corrected chi connectivity index (χ1v) is 11.8. The van der Waals surface area contributed by atoms with E-state index in [-0.39, 0.29) is 16.7 Å². The number of aryl methyl sites for hydroxylation is 2. The molecule has 0 saturated carbocycles. The lowest BCUT2D eigenvalue weighted by Crippen LogP contribution is -2.19. The Hall–Kier alpha value is -2.54. The minimum Gasteiger partial charge on any atom is -0.399 e. The van der Waals surface area contributed by atoms with Gasteiger partial charge >= 0.3 is 0 Å². The molecule has 0 aliphatic rings. The molecule has 0 fully saturated rings. The summed E-state index contributed by atoms with van der Waals surface area (Å²) in [5, 5.41) is 0. The second kappa shape index (κ2) is 8.43. The van der Waals surface area contributed by atoms with Gasteiger partial charge in [0.05, 0.1) is 0 Å². The van der Waals surface area contributed by atoms with Gasteiger partial charge in [0.1, 0.15) is 0 Å². The Kier molecular flexibility index (Phi) is 6.35. The van der Waals surface area contributed by atoms with E-state index in [0.717, 1.165) is 5.69 Å². The van der Waals surface area contributed by atoms with Crippen LogP contribution in [-0.2, 0) is 10.8 Å². The van der Waals surface area contributed by atoms with Gasteiger partial charge in [-0.25, -0.2) is 0 Å². The van der Waals surface area contributed by atoms with E-state index >= 15 is 0 Å². The van der Waals surface area contributed by atoms with Gasteiger partial charge in [-0.05, 0) is 89.6 Å². The number of hydrogen-bond donors (Lipinski definition) is 1. The van der Waals surface area contributed by atoms with Crippen molar-refractivity contribution >= 4 is 5.69 Å². The molecule has 1 heteroatoms. The van der Waals surface area contributed by atoms with Crippen molar-refractivity contribution in [1.82, 2.24) is 0 Å². The van der Waals surface area contributed by atoms with Gasteiger partial charge in [0.15, 0.2) is 0 Å². The molecule has 3 aromatic carbocycles. The first-order chi connectivity index (χ1) is 14.7. The third-order valence-corrected chi connectivity index (χ3v) is 6.67. The van der Waals surface area contributed by atoms with E-state index in [9.17, 15) is 0 Å². The van der Waals surface area contributed by atoms with Gasteiger partial charge in [0.2, 0.25) is 0 Å². The molecule has 3 aromatic rings. The highest BCUT2D eigenvalue weighted by molar-refractivity contribution is 5.57. The van der Waals surface area contributed by atoms with Gasteiger partial charge in [-0.15, -0.1) is 0 Å². The smallest absolute Gasteiger partial charge is 0.0346 e. The fraction of sp³-hybridized carbons (Fsp3) is 0.419. The summed E-state index contributed by atoms with van der Waals surface area (Å²) in [5.41, 5.74) is 19.5. The van der Waals surface area contributed by atoms with Crippen molar-refractivity contribution in [2.24, 2.45) is 0 Å². The second-order valence-corrected chi connectivity index (χ2v) is 11.7. The van der Waals surface area contributed by atoms with Crippen molar-refractivity contribution in [2.45, 2.75) is 86.0 Å². The van der Waals surface area contributed by atoms with Gasteiger partial charge < -0.3 is 5.73 Å². The lowest BCUT2D eigenvalue weighted by molar-refractivity contribution is 0.582. The highest BCUT2D eigenvalue weighted by atomic mass is 14.5. The van der Waals surface area contributed by atoms with Crippen molar-refractivity contribution in [3.05, 3.63) is 98.6 Å². The molecule has 0 radical (unpaired) electrons. The molecular formula is C31H41N. The number of benzene rings is 3. The van der Waals surface area contributed by atoms with Crippen LogP contribution in [0.15, 0.2) is 48.5 Å². The minimum absolute atomic E-state index is 0.0866. The van der Waals surface area contributed by atoms with Crippen molar-refractivity contribution in [1.29, 1.82) is 0 Å². The summed E-state index contributed by atoms with van der Waals surface area (Å²) in [6, 6.07) is 17.9. The normalized spacial score (nSPS) is 12.5. The summed E-state index contributed by atoms with van der Waals surface area (Å²) in [7, 11) is 0. The fourth-order valence-electron chi connectivity index (χ4n) is 5.20. The zero-order valence-corrected chi connectivity index (χ0v) is 21.8. The molecule has 1 nitrogen and oxygen atoms in total. The van der Waals surface area contributed by atoms with E-state index in [0.29, 0.717) is 0 Å². The SMILES string of the molecule is Cc1cc(C(c2cccc(N)c2)c2cc(C)cc(C(C)(C)C)c2C)c(C)c(C(C)(C)C)c1. The van der Waals surface area contributed by atoms with Crippen molar-refractivity contribution in [2.75, 3.05) is 5.73 Å². The minimum atomic E-state index is 0.0866. The number of hydrogen-bond acceptors (Lipinski definition) is 1. The van der Waals surface area contributed by atoms with Crippen LogP contribution in [0.5, 0.6) is 0 Å². The predicted octanol–water partition coefficient (Wildman–Crippen LogP) is 8.28. The van der Waals surface area contributed by atoms with Gasteiger partial charge in [-0.1, -0.05) is 89.1 Å². The van der Waals surface area contributed by atoms with E-state index in [1.165, 1.54) is 50.1 Å². The molecule has 0 aliphatic heterocycles. The van der Waals surface area contributed by atoms with Crippen LogP contribution in [0.4, 0.5) is 5.69 Å². The summed E-state index contributed by atoms with van der Waals surface area (Å²) < 4.78 is 0. The molecule has 170 valence electrons. The molecule has 32 heavy (non-hydrogen) atoms. The van der Waals surface area contributed by atoms with Crippen LogP contribution >= 0.6 is 0 Å². The van der Waals surface area contributed by atoms with Crippen LogP contribution < -0.4 is 5.73 Å². The summed E-state index contributed by atoms with van der Waals surface area (Å²) in [6.07, 6.45) is 0. The number of anilines is 1. The lowest BCUT2D eigenvalue weighted by atomic mass is 9.73. The maximum absolute atomic E-state index is 6.29. The van der Waals surface area contributed by atoms with E-state index in [1.54, 1.807) is 0 Å². The molecular weight excluding hydrogens is 386 g/mol. The Labute approximate surface area is 196 Å². The van der Waals surface area contributed by atoms with Crippen molar-refractivity contribution in [3.8, 4) is 0 Å². The Bertz CT molecular complexity index is 1070. The molecule has 2 N–H and O–H groups in total. The van der Waals surface area contributed by atoms with E-state index in [4.69, 9.17) is 5.73 Å². The third-order valence-electron chi connectivity index (χ3n) is 6.67. The summed E-state index contributed by atoms with van der Waals surface area (Å²) >= 11 is 0. The topological polar surface area (TPSA) is 26.0 Å². The Morgan fingerprint density at radius 1 is 0.625 bits per heavy atom. The second-order valence-electron chi connectivity index (χ2n) is 11.7. The van der Waals surface area contributed by atoms with Gasteiger partial charge in [-0.3, -0.25) is 0 Å². The number of nitrogen functional groups attached to an aromatic ring is 1. The molecule has 0 atom stereocenters. The predicted molar refractivity (Wildman–Crippen MR) is 141 cm³/mol. The highest BCUT2D eigenvalue weighted by Crippen LogP contribution is 2.42. The molecule has 0 heterocycles. The first-order valence-electron chi connectivity index (χ1n) is 11.8. The molecule has 0 amide bonds. The Morgan fingerprint density at radius 3 is 1.44 bits per heavy atom. The molecule has 0 unspecified atom stereocenters. The fourth-order valence-corrected chi connectivity index (χ4v) is 5.20. The van der Waals surface area contributed by atoms with Crippen molar-refractivity contribution in [3.63, 3.8) is 0 Å². The quantitative estimate of drug-likeness (QED) is 0.330. The Morgan fingerprint density at radius 2 is 1.06 bits per heavy atom. The number of nitrogens with two attached hydrogens (primary N) is 1. The van der Waals surface area contributed by atoms with Gasteiger partial charge in [-0.2, -0.15) is 0 Å². The van der Waals surface area contributed by atoms with Crippen LogP contribution in [0.25, 0.3) is 0 Å². The van der Waals surface area contributed by atoms with Gasteiger partial charge in [0.25, 0.3) is 0 Å². The van der Waals surface area contributed by atoms with E-state index in [1.807, 2.05) is 6.07 Å². The lowest BCUT2D eigenvalue weighted by Gasteiger charge is -2.31. The summed E-state index contributed by atoms with van der Waals surface area (Å²) in [5.74, 6) is 0.139. The zero-order chi connectivity index (χ0) is 24.0. The van der Waals surface area contributed by atoms with E-state index in [2.05, 4.69) is 112 Å². The van der Waals surface area contributed by atoms with Crippen LogP contribution in [0.3, 0.4) is 0 Å². The van der Waals surface area contributed by atoms with Crippen LogP contribution in [0.1, 0.15) is 97.5 Å². The molecule has 0 bridgehead atoms. The van der Waals surface area contributed by atoms with Crippen LogP contribution in [0, 0.1) is 27.7 Å². The zero-order valence-electron chi connectivity index (χ0n) is 21.8. The Balaban J connectivity index is 2.43. The molecule has 0 spiro atoms. The highest BCUT2D eigenvalue weighted by Gasteiger charge is 2.28. The average Bonchev–Trinajstić information content (AvgIpc) is 2.65. The standard InChI is InChI=1S/C31H41N/c1-19-14-25(21(3)27(16-19)30(5,6)7)29(23-12-11-13-24(32)18-23)26-15-20(2)17-28(22(26)4)31(8,9)10/h11-18,29H,32H2,1-10H3. The molecule has 0 aromatic heterocycles. The maximum Gasteiger partial charge on any atom is 0.0346 e. The van der Waals surface area contributed by atoms with Gasteiger partial charge in [0, 0.05) is 11.6 Å². The molecule has 3 rings (SSSR count). The van der Waals surface area contributed by atoms with Crippen molar-refractivity contribution < 1.29 is 0 Å². The third kappa shape index (κ3) is 4.77. The maximum atomic E-state index is 6.29. The van der Waals surface area contributed by atoms with Crippen LogP contribution in [0.2, 0.25) is 0 Å². The summed E-state index contributed by atoms with van der Waals surface area (Å²) in [4.78, 5) is 0.